The third-order valence-corrected chi connectivity index (χ3v) is 2.79. The van der Waals surface area contributed by atoms with Gasteiger partial charge >= 0.3 is 6.09 Å². The van der Waals surface area contributed by atoms with Gasteiger partial charge in [-0.05, 0) is 36.8 Å². The van der Waals surface area contributed by atoms with Gasteiger partial charge in [0.05, 0.1) is 19.0 Å². The lowest BCUT2D eigenvalue weighted by molar-refractivity contribution is 0.140. The SMILES string of the molecule is COc1ccc(COC(=O)N/N=C\c2cccc(C)n2)cc1. The first-order valence-corrected chi connectivity index (χ1v) is 6.70. The van der Waals surface area contributed by atoms with Gasteiger partial charge in [0.25, 0.3) is 0 Å². The summed E-state index contributed by atoms with van der Waals surface area (Å²) in [4.78, 5) is 15.7. The Kier molecular flexibility index (Phi) is 5.48. The van der Waals surface area contributed by atoms with Gasteiger partial charge in [0.2, 0.25) is 0 Å². The highest BCUT2D eigenvalue weighted by molar-refractivity contribution is 5.78. The highest BCUT2D eigenvalue weighted by atomic mass is 16.6. The molecule has 0 spiro atoms. The Morgan fingerprint density at radius 1 is 1.27 bits per heavy atom. The maximum absolute atomic E-state index is 11.5. The summed E-state index contributed by atoms with van der Waals surface area (Å²) in [7, 11) is 1.60. The molecular weight excluding hydrogens is 282 g/mol. The first kappa shape index (κ1) is 15.5. The summed E-state index contributed by atoms with van der Waals surface area (Å²) in [5.74, 6) is 0.753. The lowest BCUT2D eigenvalue weighted by atomic mass is 10.2. The van der Waals surface area contributed by atoms with E-state index in [-0.39, 0.29) is 6.61 Å². The number of aromatic nitrogens is 1. The predicted octanol–water partition coefficient (Wildman–Crippen LogP) is 2.66. The highest BCUT2D eigenvalue weighted by Crippen LogP contribution is 2.11. The molecule has 0 aliphatic rings. The van der Waals surface area contributed by atoms with Crippen LogP contribution in [0.1, 0.15) is 17.0 Å². The minimum Gasteiger partial charge on any atom is -0.497 e. The Bertz CT molecular complexity index is 654. The van der Waals surface area contributed by atoms with E-state index in [0.717, 1.165) is 17.0 Å². The fourth-order valence-corrected chi connectivity index (χ4v) is 1.69. The third kappa shape index (κ3) is 4.90. The van der Waals surface area contributed by atoms with E-state index >= 15 is 0 Å². The van der Waals surface area contributed by atoms with Crippen LogP contribution in [0.4, 0.5) is 4.79 Å². The normalized spacial score (nSPS) is 10.5. The smallest absolute Gasteiger partial charge is 0.428 e. The molecule has 0 bridgehead atoms. The second-order valence-corrected chi connectivity index (χ2v) is 4.50. The summed E-state index contributed by atoms with van der Waals surface area (Å²) < 4.78 is 10.1. The molecule has 6 heteroatoms. The van der Waals surface area contributed by atoms with E-state index < -0.39 is 6.09 Å². The van der Waals surface area contributed by atoms with Crippen molar-refractivity contribution in [2.24, 2.45) is 5.10 Å². The Labute approximate surface area is 128 Å². The Balaban J connectivity index is 1.77. The topological polar surface area (TPSA) is 72.8 Å². The number of hydrogen-bond donors (Lipinski definition) is 1. The molecule has 22 heavy (non-hydrogen) atoms. The van der Waals surface area contributed by atoms with Gasteiger partial charge in [-0.25, -0.2) is 10.2 Å². The number of carbonyl (C=O) groups is 1. The standard InChI is InChI=1S/C16H17N3O3/c1-12-4-3-5-14(18-12)10-17-19-16(20)22-11-13-6-8-15(21-2)9-7-13/h3-10H,11H2,1-2H3,(H,19,20)/b17-10-. The summed E-state index contributed by atoms with van der Waals surface area (Å²) in [5.41, 5.74) is 4.69. The van der Waals surface area contributed by atoms with E-state index in [0.29, 0.717) is 5.69 Å². The van der Waals surface area contributed by atoms with Crippen LogP contribution in [0.15, 0.2) is 47.6 Å². The summed E-state index contributed by atoms with van der Waals surface area (Å²) >= 11 is 0. The van der Waals surface area contributed by atoms with Crippen LogP contribution in [0, 0.1) is 6.92 Å². The van der Waals surface area contributed by atoms with Crippen molar-refractivity contribution in [1.82, 2.24) is 10.4 Å². The van der Waals surface area contributed by atoms with Gasteiger partial charge in [0, 0.05) is 5.69 Å². The number of pyridine rings is 1. The number of ether oxygens (including phenoxy) is 2. The first-order chi connectivity index (χ1) is 10.7. The zero-order valence-corrected chi connectivity index (χ0v) is 12.4. The number of aryl methyl sites for hydroxylation is 1. The van der Waals surface area contributed by atoms with Gasteiger partial charge in [0.1, 0.15) is 12.4 Å². The molecule has 114 valence electrons. The van der Waals surface area contributed by atoms with Crippen LogP contribution in [0.5, 0.6) is 5.75 Å². The van der Waals surface area contributed by atoms with Crippen molar-refractivity contribution >= 4 is 12.3 Å². The van der Waals surface area contributed by atoms with Crippen molar-refractivity contribution < 1.29 is 14.3 Å². The van der Waals surface area contributed by atoms with Crippen LogP contribution in [0.2, 0.25) is 0 Å². The molecule has 0 aliphatic carbocycles. The van der Waals surface area contributed by atoms with Gasteiger partial charge in [-0.1, -0.05) is 18.2 Å². The number of benzene rings is 1. The molecule has 1 aromatic carbocycles. The fraction of sp³-hybridized carbons (Fsp3) is 0.188. The monoisotopic (exact) mass is 299 g/mol. The number of nitrogens with zero attached hydrogens (tertiary/aromatic N) is 2. The highest BCUT2D eigenvalue weighted by Gasteiger charge is 2.01. The molecule has 1 heterocycles. The number of methoxy groups -OCH3 is 1. The minimum atomic E-state index is -0.625. The van der Waals surface area contributed by atoms with Crippen molar-refractivity contribution in [1.29, 1.82) is 0 Å². The Morgan fingerprint density at radius 2 is 2.05 bits per heavy atom. The van der Waals surface area contributed by atoms with E-state index in [1.54, 1.807) is 25.3 Å². The molecule has 0 saturated heterocycles. The van der Waals surface area contributed by atoms with Crippen LogP contribution in [0.25, 0.3) is 0 Å². The predicted molar refractivity (Wildman–Crippen MR) is 82.9 cm³/mol. The molecule has 0 radical (unpaired) electrons. The van der Waals surface area contributed by atoms with Crippen molar-refractivity contribution in [2.45, 2.75) is 13.5 Å². The molecule has 0 saturated carbocycles. The largest absolute Gasteiger partial charge is 0.497 e. The number of rotatable bonds is 5. The molecule has 0 fully saturated rings. The van der Waals surface area contributed by atoms with E-state index in [2.05, 4.69) is 15.5 Å². The summed E-state index contributed by atoms with van der Waals surface area (Å²) in [5, 5.41) is 3.79. The van der Waals surface area contributed by atoms with Gasteiger partial charge in [-0.3, -0.25) is 4.98 Å². The summed E-state index contributed by atoms with van der Waals surface area (Å²) in [6.45, 7) is 2.04. The molecule has 2 aromatic rings. The van der Waals surface area contributed by atoms with Crippen LogP contribution in [0.3, 0.4) is 0 Å². The zero-order chi connectivity index (χ0) is 15.8. The van der Waals surface area contributed by atoms with E-state index in [4.69, 9.17) is 9.47 Å². The molecule has 0 aliphatic heterocycles. The number of nitrogens with one attached hydrogen (secondary N) is 1. The maximum atomic E-state index is 11.5. The van der Waals surface area contributed by atoms with E-state index in [1.807, 2.05) is 31.2 Å². The molecular formula is C16H17N3O3. The average molecular weight is 299 g/mol. The average Bonchev–Trinajstić information content (AvgIpc) is 2.53. The molecule has 6 nitrogen and oxygen atoms in total. The molecule has 1 aromatic heterocycles. The van der Waals surface area contributed by atoms with Gasteiger partial charge in [0.15, 0.2) is 0 Å². The maximum Gasteiger partial charge on any atom is 0.428 e. The minimum absolute atomic E-state index is 0.161. The molecule has 0 unspecified atom stereocenters. The zero-order valence-electron chi connectivity index (χ0n) is 12.4. The molecule has 1 N–H and O–H groups in total. The molecule has 2 rings (SSSR count). The van der Waals surface area contributed by atoms with Crippen molar-refractivity contribution in [2.75, 3.05) is 7.11 Å². The van der Waals surface area contributed by atoms with Crippen LogP contribution in [-0.2, 0) is 11.3 Å². The van der Waals surface area contributed by atoms with Crippen molar-refractivity contribution in [3.63, 3.8) is 0 Å². The van der Waals surface area contributed by atoms with Gasteiger partial charge in [-0.2, -0.15) is 5.10 Å². The van der Waals surface area contributed by atoms with Crippen LogP contribution >= 0.6 is 0 Å². The number of amides is 1. The second kappa shape index (κ2) is 7.78. The first-order valence-electron chi connectivity index (χ1n) is 6.70. The van der Waals surface area contributed by atoms with Crippen LogP contribution in [-0.4, -0.2) is 24.4 Å². The Morgan fingerprint density at radius 3 is 2.73 bits per heavy atom. The quantitative estimate of drug-likeness (QED) is 0.680. The summed E-state index contributed by atoms with van der Waals surface area (Å²) in [6.07, 6.45) is 0.835. The van der Waals surface area contributed by atoms with E-state index in [9.17, 15) is 4.79 Å². The Hall–Kier alpha value is -2.89. The number of carbonyl (C=O) groups excluding carboxylic acids is 1. The fourth-order valence-electron chi connectivity index (χ4n) is 1.69. The molecule has 0 atom stereocenters. The van der Waals surface area contributed by atoms with Gasteiger partial charge in [-0.15, -0.1) is 0 Å². The van der Waals surface area contributed by atoms with E-state index in [1.165, 1.54) is 6.21 Å². The number of hydrogen-bond acceptors (Lipinski definition) is 5. The lowest BCUT2D eigenvalue weighted by Gasteiger charge is -2.05. The second-order valence-electron chi connectivity index (χ2n) is 4.50. The lowest BCUT2D eigenvalue weighted by Crippen LogP contribution is -2.18. The van der Waals surface area contributed by atoms with Crippen LogP contribution < -0.4 is 10.2 Å². The third-order valence-electron chi connectivity index (χ3n) is 2.79. The van der Waals surface area contributed by atoms with Crippen molar-refractivity contribution in [3.8, 4) is 5.75 Å². The summed E-state index contributed by atoms with van der Waals surface area (Å²) in [6, 6.07) is 12.8. The molecule has 1 amide bonds. The number of hydrazone groups is 1. The van der Waals surface area contributed by atoms with Gasteiger partial charge < -0.3 is 9.47 Å². The van der Waals surface area contributed by atoms with Crippen molar-refractivity contribution in [3.05, 3.63) is 59.4 Å².